The number of nitrogens with zero attached hydrogens (tertiary/aromatic N) is 1. The van der Waals surface area contributed by atoms with Crippen molar-refractivity contribution in [2.45, 2.75) is 32.1 Å². The van der Waals surface area contributed by atoms with Gasteiger partial charge in [-0.25, -0.2) is 0 Å². The predicted molar refractivity (Wildman–Crippen MR) is 91.8 cm³/mol. The van der Waals surface area contributed by atoms with Crippen molar-refractivity contribution < 1.29 is 19.1 Å². The van der Waals surface area contributed by atoms with E-state index in [2.05, 4.69) is 10.6 Å². The Morgan fingerprint density at radius 3 is 2.33 bits per heavy atom. The Morgan fingerprint density at radius 1 is 1.12 bits per heavy atom. The number of halogens is 1. The number of carbonyl (C=O) groups is 3. The number of amides is 3. The molecule has 0 spiro atoms. The van der Waals surface area contributed by atoms with E-state index in [-0.39, 0.29) is 54.9 Å². The predicted octanol–water partition coefficient (Wildman–Crippen LogP) is 0.326. The maximum atomic E-state index is 12.3. The van der Waals surface area contributed by atoms with Crippen LogP contribution < -0.4 is 10.6 Å². The molecule has 1 aliphatic heterocycles. The standard InChI is InChI=1S/C16H27N3O4.ClH/c1-23-11-9-17-7-8-18-14(20)6-10-19-15(21)12-4-2-3-5-13(12)16(19)22;/h12-13,17H,2-11H2,1H3,(H,18,20);1H. The van der Waals surface area contributed by atoms with Crippen molar-refractivity contribution in [1.82, 2.24) is 15.5 Å². The Labute approximate surface area is 149 Å². The summed E-state index contributed by atoms with van der Waals surface area (Å²) in [7, 11) is 1.64. The van der Waals surface area contributed by atoms with Crippen LogP contribution in [0.1, 0.15) is 32.1 Å². The van der Waals surface area contributed by atoms with Gasteiger partial charge in [0.25, 0.3) is 0 Å². The summed E-state index contributed by atoms with van der Waals surface area (Å²) < 4.78 is 4.91. The third kappa shape index (κ3) is 5.43. The highest BCUT2D eigenvalue weighted by Crippen LogP contribution is 2.37. The van der Waals surface area contributed by atoms with Gasteiger partial charge >= 0.3 is 0 Å². The fourth-order valence-electron chi connectivity index (χ4n) is 3.34. The van der Waals surface area contributed by atoms with E-state index in [4.69, 9.17) is 4.74 Å². The molecule has 0 aromatic heterocycles. The first-order valence-corrected chi connectivity index (χ1v) is 8.46. The van der Waals surface area contributed by atoms with Crippen LogP contribution in [-0.4, -0.2) is 62.5 Å². The molecule has 2 N–H and O–H groups in total. The van der Waals surface area contributed by atoms with Gasteiger partial charge in [0.15, 0.2) is 0 Å². The van der Waals surface area contributed by atoms with E-state index >= 15 is 0 Å². The molecule has 8 heteroatoms. The number of hydrogen-bond donors (Lipinski definition) is 2. The Kier molecular flexibility index (Phi) is 9.25. The van der Waals surface area contributed by atoms with E-state index in [9.17, 15) is 14.4 Å². The molecule has 1 saturated carbocycles. The smallest absolute Gasteiger partial charge is 0.233 e. The van der Waals surface area contributed by atoms with E-state index in [0.29, 0.717) is 19.7 Å². The molecule has 2 aliphatic rings. The molecule has 24 heavy (non-hydrogen) atoms. The number of rotatable bonds is 9. The van der Waals surface area contributed by atoms with Crippen LogP contribution in [0.3, 0.4) is 0 Å². The van der Waals surface area contributed by atoms with Crippen LogP contribution in [-0.2, 0) is 19.1 Å². The number of ether oxygens (including phenoxy) is 1. The lowest BCUT2D eigenvalue weighted by molar-refractivity contribution is -0.140. The molecule has 2 unspecified atom stereocenters. The fraction of sp³-hybridized carbons (Fsp3) is 0.812. The van der Waals surface area contributed by atoms with Crippen molar-refractivity contribution >= 4 is 30.1 Å². The summed E-state index contributed by atoms with van der Waals surface area (Å²) in [6.07, 6.45) is 3.83. The molecular formula is C16H28ClN3O4. The van der Waals surface area contributed by atoms with Crippen molar-refractivity contribution in [3.8, 4) is 0 Å². The molecule has 7 nitrogen and oxygen atoms in total. The van der Waals surface area contributed by atoms with Crippen LogP contribution in [0.15, 0.2) is 0 Å². The van der Waals surface area contributed by atoms with Crippen LogP contribution in [0.5, 0.6) is 0 Å². The lowest BCUT2D eigenvalue weighted by atomic mass is 9.81. The average Bonchev–Trinajstić information content (AvgIpc) is 2.80. The zero-order chi connectivity index (χ0) is 16.7. The number of likely N-dealkylation sites (tertiary alicyclic amines) is 1. The van der Waals surface area contributed by atoms with Gasteiger partial charge in [0, 0.05) is 39.7 Å². The third-order valence-electron chi connectivity index (χ3n) is 4.60. The maximum Gasteiger partial charge on any atom is 0.233 e. The van der Waals surface area contributed by atoms with Gasteiger partial charge in [-0.2, -0.15) is 0 Å². The number of methoxy groups -OCH3 is 1. The second-order valence-electron chi connectivity index (χ2n) is 6.17. The normalized spacial score (nSPS) is 23.0. The molecule has 3 amide bonds. The highest BCUT2D eigenvalue weighted by molar-refractivity contribution is 6.05. The fourth-order valence-corrected chi connectivity index (χ4v) is 3.34. The summed E-state index contributed by atoms with van der Waals surface area (Å²) in [5, 5.41) is 5.91. The van der Waals surface area contributed by atoms with Crippen LogP contribution in [0, 0.1) is 11.8 Å². The van der Waals surface area contributed by atoms with Crippen molar-refractivity contribution in [3.63, 3.8) is 0 Å². The van der Waals surface area contributed by atoms with E-state index in [1.165, 1.54) is 4.90 Å². The second-order valence-corrected chi connectivity index (χ2v) is 6.17. The Hall–Kier alpha value is -1.18. The molecule has 1 aliphatic carbocycles. The average molecular weight is 362 g/mol. The Balaban J connectivity index is 0.00000288. The minimum atomic E-state index is -0.135. The summed E-state index contributed by atoms with van der Waals surface area (Å²) in [6, 6.07) is 0. The summed E-state index contributed by atoms with van der Waals surface area (Å²) in [6.45, 7) is 2.77. The molecule has 2 rings (SSSR count). The van der Waals surface area contributed by atoms with Crippen LogP contribution in [0.25, 0.3) is 0 Å². The zero-order valence-electron chi connectivity index (χ0n) is 14.2. The van der Waals surface area contributed by atoms with E-state index < -0.39 is 0 Å². The largest absolute Gasteiger partial charge is 0.383 e. The van der Waals surface area contributed by atoms with Crippen molar-refractivity contribution in [3.05, 3.63) is 0 Å². The number of imide groups is 1. The molecule has 0 aromatic carbocycles. The molecule has 1 heterocycles. The monoisotopic (exact) mass is 361 g/mol. The zero-order valence-corrected chi connectivity index (χ0v) is 15.0. The molecule has 0 radical (unpaired) electrons. The van der Waals surface area contributed by atoms with Gasteiger partial charge in [0.2, 0.25) is 17.7 Å². The van der Waals surface area contributed by atoms with Gasteiger partial charge in [0.05, 0.1) is 18.4 Å². The van der Waals surface area contributed by atoms with Gasteiger partial charge in [-0.05, 0) is 12.8 Å². The van der Waals surface area contributed by atoms with Crippen molar-refractivity contribution in [1.29, 1.82) is 0 Å². The number of carbonyl (C=O) groups excluding carboxylic acids is 3. The molecule has 138 valence electrons. The summed E-state index contributed by atoms with van der Waals surface area (Å²) in [5.41, 5.74) is 0. The highest BCUT2D eigenvalue weighted by atomic mass is 35.5. The van der Waals surface area contributed by atoms with E-state index in [1.54, 1.807) is 7.11 Å². The first-order chi connectivity index (χ1) is 11.1. The first kappa shape index (κ1) is 20.9. The van der Waals surface area contributed by atoms with Gasteiger partial charge in [0.1, 0.15) is 0 Å². The molecule has 0 aromatic rings. The molecule has 1 saturated heterocycles. The van der Waals surface area contributed by atoms with Gasteiger partial charge in [-0.3, -0.25) is 19.3 Å². The minimum absolute atomic E-state index is 0. The summed E-state index contributed by atoms with van der Waals surface area (Å²) in [5.74, 6) is -0.551. The Bertz CT molecular complexity index is 423. The Morgan fingerprint density at radius 2 is 1.75 bits per heavy atom. The van der Waals surface area contributed by atoms with E-state index in [0.717, 1.165) is 32.2 Å². The third-order valence-corrected chi connectivity index (χ3v) is 4.60. The first-order valence-electron chi connectivity index (χ1n) is 8.46. The van der Waals surface area contributed by atoms with E-state index in [1.807, 2.05) is 0 Å². The SMILES string of the molecule is COCCNCCNC(=O)CCN1C(=O)C2CCCCC2C1=O.Cl. The quantitative estimate of drug-likeness (QED) is 0.456. The molecule has 0 bridgehead atoms. The van der Waals surface area contributed by atoms with Gasteiger partial charge in [-0.15, -0.1) is 12.4 Å². The molecule has 2 fully saturated rings. The van der Waals surface area contributed by atoms with Crippen molar-refractivity contribution in [2.75, 3.05) is 39.9 Å². The van der Waals surface area contributed by atoms with Crippen LogP contribution in [0.2, 0.25) is 0 Å². The molecule has 2 atom stereocenters. The number of nitrogens with one attached hydrogen (secondary N) is 2. The van der Waals surface area contributed by atoms with Gasteiger partial charge in [-0.1, -0.05) is 12.8 Å². The minimum Gasteiger partial charge on any atom is -0.383 e. The number of fused-ring (bicyclic) bond motifs is 1. The second kappa shape index (κ2) is 10.6. The van der Waals surface area contributed by atoms with Crippen LogP contribution in [0.4, 0.5) is 0 Å². The lowest BCUT2D eigenvalue weighted by Gasteiger charge is -2.19. The highest BCUT2D eigenvalue weighted by Gasteiger charge is 2.47. The van der Waals surface area contributed by atoms with Crippen LogP contribution >= 0.6 is 12.4 Å². The topological polar surface area (TPSA) is 87.7 Å². The molecular weight excluding hydrogens is 334 g/mol. The summed E-state index contributed by atoms with van der Waals surface area (Å²) >= 11 is 0. The number of hydrogen-bond acceptors (Lipinski definition) is 5. The van der Waals surface area contributed by atoms with Gasteiger partial charge < -0.3 is 15.4 Å². The lowest BCUT2D eigenvalue weighted by Crippen LogP contribution is -2.37. The summed E-state index contributed by atoms with van der Waals surface area (Å²) in [4.78, 5) is 37.7. The maximum absolute atomic E-state index is 12.3. The van der Waals surface area contributed by atoms with Crippen molar-refractivity contribution in [2.24, 2.45) is 11.8 Å².